The monoisotopic (exact) mass is 264 g/mol. The van der Waals surface area contributed by atoms with Gasteiger partial charge in [0.2, 0.25) is 0 Å². The summed E-state index contributed by atoms with van der Waals surface area (Å²) in [4.78, 5) is 6.91. The lowest BCUT2D eigenvalue weighted by molar-refractivity contribution is 0.281. The van der Waals surface area contributed by atoms with Crippen molar-refractivity contribution in [3.05, 3.63) is 18.2 Å². The van der Waals surface area contributed by atoms with Crippen LogP contribution in [-0.4, -0.2) is 40.6 Å². The summed E-state index contributed by atoms with van der Waals surface area (Å²) in [5.74, 6) is 0.961. The molecule has 0 radical (unpaired) electrons. The van der Waals surface area contributed by atoms with E-state index >= 15 is 0 Å². The van der Waals surface area contributed by atoms with Crippen molar-refractivity contribution < 1.29 is 0 Å². The molecule has 4 nitrogen and oxygen atoms in total. The van der Waals surface area contributed by atoms with Gasteiger partial charge in [-0.2, -0.15) is 0 Å². The van der Waals surface area contributed by atoms with Crippen LogP contribution in [0.15, 0.2) is 12.5 Å². The summed E-state index contributed by atoms with van der Waals surface area (Å²) in [5, 5.41) is 0. The molecule has 0 spiro atoms. The van der Waals surface area contributed by atoms with E-state index in [1.807, 2.05) is 12.5 Å². The fraction of sp³-hybridized carbons (Fsp3) is 0.800. The van der Waals surface area contributed by atoms with E-state index in [4.69, 9.17) is 5.73 Å². The summed E-state index contributed by atoms with van der Waals surface area (Å²) in [6, 6.07) is 0.475. The van der Waals surface area contributed by atoms with E-state index in [1.165, 1.54) is 31.6 Å². The Balaban J connectivity index is 2.08. The Morgan fingerprint density at radius 3 is 2.53 bits per heavy atom. The number of imidazole rings is 1. The van der Waals surface area contributed by atoms with Gasteiger partial charge in [-0.3, -0.25) is 0 Å². The van der Waals surface area contributed by atoms with Crippen LogP contribution in [0.25, 0.3) is 0 Å². The van der Waals surface area contributed by atoms with Crippen LogP contribution in [0.1, 0.15) is 51.3 Å². The zero-order chi connectivity index (χ0) is 13.8. The number of nitrogens with two attached hydrogens (primary N) is 1. The van der Waals surface area contributed by atoms with E-state index in [1.54, 1.807) is 0 Å². The standard InChI is InChI=1S/C15H28N4/c1-12(2)14(8-16)15-9-17-11-19(15)13(3)10-18-6-4-5-7-18/h9,11-14H,4-8,10,16H2,1-3H3. The van der Waals surface area contributed by atoms with Crippen LogP contribution in [0, 0.1) is 5.92 Å². The van der Waals surface area contributed by atoms with Gasteiger partial charge in [0.05, 0.1) is 6.33 Å². The minimum atomic E-state index is 0.406. The van der Waals surface area contributed by atoms with Crippen molar-refractivity contribution in [2.75, 3.05) is 26.2 Å². The van der Waals surface area contributed by atoms with Crippen LogP contribution in [-0.2, 0) is 0 Å². The van der Waals surface area contributed by atoms with Gasteiger partial charge >= 0.3 is 0 Å². The largest absolute Gasteiger partial charge is 0.330 e. The van der Waals surface area contributed by atoms with Crippen LogP contribution in [0.3, 0.4) is 0 Å². The van der Waals surface area contributed by atoms with E-state index in [0.717, 1.165) is 6.54 Å². The smallest absolute Gasteiger partial charge is 0.0951 e. The van der Waals surface area contributed by atoms with Crippen molar-refractivity contribution >= 4 is 0 Å². The zero-order valence-corrected chi connectivity index (χ0v) is 12.5. The first-order valence-electron chi connectivity index (χ1n) is 7.57. The summed E-state index contributed by atoms with van der Waals surface area (Å²) in [7, 11) is 0. The second-order valence-corrected chi connectivity index (χ2v) is 6.17. The third kappa shape index (κ3) is 3.37. The third-order valence-corrected chi connectivity index (χ3v) is 4.33. The first-order valence-corrected chi connectivity index (χ1v) is 7.57. The molecule has 1 aromatic rings. The maximum atomic E-state index is 5.95. The summed E-state index contributed by atoms with van der Waals surface area (Å²) in [6.45, 7) is 11.1. The highest BCUT2D eigenvalue weighted by Gasteiger charge is 2.22. The highest BCUT2D eigenvalue weighted by atomic mass is 15.2. The van der Waals surface area contributed by atoms with Crippen LogP contribution < -0.4 is 5.73 Å². The lowest BCUT2D eigenvalue weighted by atomic mass is 9.92. The molecule has 2 atom stereocenters. The third-order valence-electron chi connectivity index (χ3n) is 4.33. The van der Waals surface area contributed by atoms with Crippen molar-refractivity contribution in [3.63, 3.8) is 0 Å². The normalized spacial score (nSPS) is 20.1. The maximum Gasteiger partial charge on any atom is 0.0951 e. The summed E-state index contributed by atoms with van der Waals surface area (Å²) < 4.78 is 2.33. The second kappa shape index (κ2) is 6.53. The second-order valence-electron chi connectivity index (χ2n) is 6.17. The molecule has 1 saturated heterocycles. The summed E-state index contributed by atoms with van der Waals surface area (Å²) in [5.41, 5.74) is 7.24. The first-order chi connectivity index (χ1) is 9.13. The Kier molecular flexibility index (Phi) is 4.99. The van der Waals surface area contributed by atoms with E-state index in [9.17, 15) is 0 Å². The molecule has 2 rings (SSSR count). The Morgan fingerprint density at radius 1 is 1.26 bits per heavy atom. The predicted molar refractivity (Wildman–Crippen MR) is 79.2 cm³/mol. The zero-order valence-electron chi connectivity index (χ0n) is 12.5. The number of hydrogen-bond acceptors (Lipinski definition) is 3. The van der Waals surface area contributed by atoms with Gasteiger partial charge in [-0.25, -0.2) is 4.98 Å². The SMILES string of the molecule is CC(C)C(CN)c1cncn1C(C)CN1CCCC1. The Hall–Kier alpha value is -0.870. The van der Waals surface area contributed by atoms with Crippen molar-refractivity contribution in [3.8, 4) is 0 Å². The number of likely N-dealkylation sites (tertiary alicyclic amines) is 1. The van der Waals surface area contributed by atoms with E-state index in [2.05, 4.69) is 35.2 Å². The van der Waals surface area contributed by atoms with E-state index in [-0.39, 0.29) is 0 Å². The average Bonchev–Trinajstić information content (AvgIpc) is 3.00. The van der Waals surface area contributed by atoms with Crippen molar-refractivity contribution in [2.24, 2.45) is 11.7 Å². The minimum absolute atomic E-state index is 0.406. The number of hydrogen-bond donors (Lipinski definition) is 1. The molecular weight excluding hydrogens is 236 g/mol. The lowest BCUT2D eigenvalue weighted by Gasteiger charge is -2.26. The fourth-order valence-corrected chi connectivity index (χ4v) is 3.13. The van der Waals surface area contributed by atoms with Crippen LogP contribution in [0.2, 0.25) is 0 Å². The number of aromatic nitrogens is 2. The summed E-state index contributed by atoms with van der Waals surface area (Å²) >= 11 is 0. The molecule has 2 heterocycles. The molecule has 0 saturated carbocycles. The number of rotatable bonds is 6. The predicted octanol–water partition coefficient (Wildman–Crippen LogP) is 2.24. The molecule has 0 amide bonds. The fourth-order valence-electron chi connectivity index (χ4n) is 3.13. The van der Waals surface area contributed by atoms with Crippen LogP contribution in [0.4, 0.5) is 0 Å². The molecular formula is C15H28N4. The number of nitrogens with zero attached hydrogens (tertiary/aromatic N) is 3. The average molecular weight is 264 g/mol. The van der Waals surface area contributed by atoms with Crippen LogP contribution >= 0.6 is 0 Å². The molecule has 19 heavy (non-hydrogen) atoms. The molecule has 1 aliphatic rings. The van der Waals surface area contributed by atoms with Gasteiger partial charge < -0.3 is 15.2 Å². The molecule has 0 bridgehead atoms. The van der Waals surface area contributed by atoms with Crippen molar-refractivity contribution in [1.29, 1.82) is 0 Å². The Bertz CT molecular complexity index is 379. The molecule has 0 aliphatic carbocycles. The van der Waals surface area contributed by atoms with Gasteiger partial charge in [-0.1, -0.05) is 13.8 Å². The van der Waals surface area contributed by atoms with E-state index < -0.39 is 0 Å². The van der Waals surface area contributed by atoms with Crippen molar-refractivity contribution in [1.82, 2.24) is 14.5 Å². The van der Waals surface area contributed by atoms with Crippen LogP contribution in [0.5, 0.6) is 0 Å². The molecule has 1 fully saturated rings. The van der Waals surface area contributed by atoms with Gasteiger partial charge in [0, 0.05) is 36.9 Å². The molecule has 2 unspecified atom stereocenters. The van der Waals surface area contributed by atoms with Gasteiger partial charge in [-0.05, 0) is 38.8 Å². The molecule has 0 aromatic carbocycles. The maximum absolute atomic E-state index is 5.95. The van der Waals surface area contributed by atoms with Gasteiger partial charge in [-0.15, -0.1) is 0 Å². The molecule has 2 N–H and O–H groups in total. The lowest BCUT2D eigenvalue weighted by Crippen LogP contribution is -2.29. The minimum Gasteiger partial charge on any atom is -0.330 e. The first kappa shape index (κ1) is 14.5. The van der Waals surface area contributed by atoms with Crippen molar-refractivity contribution in [2.45, 2.75) is 45.6 Å². The highest BCUT2D eigenvalue weighted by molar-refractivity contribution is 5.09. The molecule has 1 aliphatic heterocycles. The Morgan fingerprint density at radius 2 is 1.95 bits per heavy atom. The molecule has 108 valence electrons. The topological polar surface area (TPSA) is 47.1 Å². The quantitative estimate of drug-likeness (QED) is 0.857. The van der Waals surface area contributed by atoms with Gasteiger partial charge in [0.15, 0.2) is 0 Å². The van der Waals surface area contributed by atoms with E-state index in [0.29, 0.717) is 24.4 Å². The highest BCUT2D eigenvalue weighted by Crippen LogP contribution is 2.26. The van der Waals surface area contributed by atoms with Gasteiger partial charge in [0.1, 0.15) is 0 Å². The molecule has 4 heteroatoms. The molecule has 1 aromatic heterocycles. The summed E-state index contributed by atoms with van der Waals surface area (Å²) in [6.07, 6.45) is 6.67. The Labute approximate surface area is 117 Å². The van der Waals surface area contributed by atoms with Gasteiger partial charge in [0.25, 0.3) is 0 Å².